The monoisotopic (exact) mass is 421 g/mol. The zero-order valence-corrected chi connectivity index (χ0v) is 16.4. The van der Waals surface area contributed by atoms with Crippen LogP contribution in [0.3, 0.4) is 0 Å². The van der Waals surface area contributed by atoms with Crippen LogP contribution in [0, 0.1) is 0 Å². The number of hydrazine groups is 1. The molecule has 2 heterocycles. The number of anilines is 1. The molecule has 0 saturated carbocycles. The van der Waals surface area contributed by atoms with E-state index in [2.05, 4.69) is 25.7 Å². The van der Waals surface area contributed by atoms with E-state index >= 15 is 0 Å². The summed E-state index contributed by atoms with van der Waals surface area (Å²) in [6.45, 7) is 0.665. The third-order valence-electron chi connectivity index (χ3n) is 3.74. The largest absolute Gasteiger partial charge is 0.481 e. The van der Waals surface area contributed by atoms with Crippen LogP contribution >= 0.6 is 0 Å². The van der Waals surface area contributed by atoms with Crippen molar-refractivity contribution in [2.75, 3.05) is 26.2 Å². The van der Waals surface area contributed by atoms with E-state index in [9.17, 15) is 13.2 Å². The molecule has 1 aliphatic heterocycles. The molecule has 0 saturated heterocycles. The van der Waals surface area contributed by atoms with Crippen LogP contribution in [-0.4, -0.2) is 56.7 Å². The lowest BCUT2D eigenvalue weighted by molar-refractivity contribution is 0.256. The van der Waals surface area contributed by atoms with Crippen LogP contribution in [-0.2, 0) is 16.6 Å². The van der Waals surface area contributed by atoms with Crippen molar-refractivity contribution < 1.29 is 22.7 Å². The molecule has 1 aliphatic rings. The number of benzene rings is 1. The van der Waals surface area contributed by atoms with Gasteiger partial charge in [-0.25, -0.2) is 23.4 Å². The molecule has 2 amide bonds. The summed E-state index contributed by atoms with van der Waals surface area (Å²) in [5, 5.41) is 3.90. The zero-order valence-electron chi connectivity index (χ0n) is 15.6. The number of nitrogens with zero attached hydrogens (tertiary/aromatic N) is 4. The molecule has 154 valence electrons. The van der Waals surface area contributed by atoms with Crippen LogP contribution in [0.2, 0.25) is 0 Å². The Morgan fingerprint density at radius 2 is 1.90 bits per heavy atom. The van der Waals surface area contributed by atoms with E-state index in [0.717, 1.165) is 0 Å². The average molecular weight is 421 g/mol. The first-order chi connectivity index (χ1) is 13.9. The Labute approximate surface area is 167 Å². The zero-order chi connectivity index (χ0) is 20.9. The van der Waals surface area contributed by atoms with Gasteiger partial charge in [0.1, 0.15) is 13.0 Å². The van der Waals surface area contributed by atoms with E-state index in [1.54, 1.807) is 29.5 Å². The number of methoxy groups -OCH3 is 2. The summed E-state index contributed by atoms with van der Waals surface area (Å²) in [5.74, 6) is 0.0972. The molecule has 13 heteroatoms. The van der Waals surface area contributed by atoms with E-state index in [4.69, 9.17) is 9.47 Å². The van der Waals surface area contributed by atoms with Gasteiger partial charge in [0.05, 0.1) is 31.7 Å². The predicted octanol–water partition coefficient (Wildman–Crippen LogP) is 0.310. The van der Waals surface area contributed by atoms with Crippen LogP contribution in [0.4, 0.5) is 10.7 Å². The number of aromatic nitrogens is 2. The van der Waals surface area contributed by atoms with Crippen molar-refractivity contribution in [3.63, 3.8) is 0 Å². The Hall–Kier alpha value is -3.45. The number of rotatable bonds is 7. The number of hydrogen-bond acceptors (Lipinski definition) is 10. The van der Waals surface area contributed by atoms with Crippen molar-refractivity contribution in [1.82, 2.24) is 25.1 Å². The van der Waals surface area contributed by atoms with Gasteiger partial charge < -0.3 is 9.47 Å². The van der Waals surface area contributed by atoms with Crippen molar-refractivity contribution in [3.8, 4) is 11.8 Å². The molecule has 0 atom stereocenters. The number of aliphatic imine (C=N–C) groups is 1. The van der Waals surface area contributed by atoms with Crippen LogP contribution in [0.25, 0.3) is 0 Å². The molecular formula is C16H19N7O5S. The van der Waals surface area contributed by atoms with Gasteiger partial charge >= 0.3 is 6.03 Å². The lowest BCUT2D eigenvalue weighted by Gasteiger charge is -2.17. The van der Waals surface area contributed by atoms with E-state index in [0.29, 0.717) is 12.2 Å². The fourth-order valence-corrected chi connectivity index (χ4v) is 3.60. The number of urea groups is 1. The minimum absolute atomic E-state index is 0.0404. The SMILES string of the molecule is COc1cc(OC)nc(NC(=O)NS(=O)(=O)c2ccccc2CN2C=NCN2)n1. The summed E-state index contributed by atoms with van der Waals surface area (Å²) in [5.41, 5.74) is 3.43. The molecule has 2 aromatic rings. The smallest absolute Gasteiger partial charge is 0.335 e. The maximum Gasteiger partial charge on any atom is 0.335 e. The summed E-state index contributed by atoms with van der Waals surface area (Å²) in [6.07, 6.45) is 1.57. The summed E-state index contributed by atoms with van der Waals surface area (Å²) in [4.78, 5) is 24.0. The van der Waals surface area contributed by atoms with Crippen molar-refractivity contribution in [3.05, 3.63) is 35.9 Å². The Morgan fingerprint density at radius 3 is 2.52 bits per heavy atom. The van der Waals surface area contributed by atoms with Gasteiger partial charge in [-0.1, -0.05) is 18.2 Å². The Balaban J connectivity index is 1.76. The number of carbonyl (C=O) groups excluding carboxylic acids is 1. The summed E-state index contributed by atoms with van der Waals surface area (Å²) < 4.78 is 37.4. The van der Waals surface area contributed by atoms with Crippen molar-refractivity contribution >= 4 is 28.3 Å². The van der Waals surface area contributed by atoms with Gasteiger partial charge in [-0.3, -0.25) is 15.3 Å². The molecule has 1 aromatic heterocycles. The highest BCUT2D eigenvalue weighted by atomic mass is 32.2. The van der Waals surface area contributed by atoms with Crippen LogP contribution in [0.15, 0.2) is 40.2 Å². The molecule has 0 fully saturated rings. The van der Waals surface area contributed by atoms with E-state index in [1.807, 2.05) is 4.72 Å². The fourth-order valence-electron chi connectivity index (χ4n) is 2.46. The number of hydrogen-bond donors (Lipinski definition) is 3. The van der Waals surface area contributed by atoms with Crippen LogP contribution in [0.5, 0.6) is 11.8 Å². The highest BCUT2D eigenvalue weighted by molar-refractivity contribution is 7.90. The molecule has 0 unspecified atom stereocenters. The molecule has 0 aliphatic carbocycles. The Bertz CT molecular complexity index is 1010. The number of carbonyl (C=O) groups is 1. The summed E-state index contributed by atoms with van der Waals surface area (Å²) in [6, 6.07) is 6.71. The van der Waals surface area contributed by atoms with Gasteiger partial charge in [-0.2, -0.15) is 9.97 Å². The number of sulfonamides is 1. The highest BCUT2D eigenvalue weighted by Crippen LogP contribution is 2.19. The first-order valence-electron chi connectivity index (χ1n) is 8.30. The van der Waals surface area contributed by atoms with Gasteiger partial charge in [-0.05, 0) is 11.6 Å². The standard InChI is InChI=1S/C16H19N7O5S/c1-27-13-7-14(28-2)20-15(19-13)21-16(24)22-29(25,26)12-6-4-3-5-11(12)8-23-10-17-9-18-23/h3-7,10,18H,8-9H2,1-2H3,(H2,19,20,21,22,24). The van der Waals surface area contributed by atoms with Gasteiger partial charge in [0.25, 0.3) is 10.0 Å². The molecular weight excluding hydrogens is 402 g/mol. The first kappa shape index (κ1) is 20.3. The average Bonchev–Trinajstić information content (AvgIpc) is 3.20. The fraction of sp³-hybridized carbons (Fsp3) is 0.250. The second-order valence-electron chi connectivity index (χ2n) is 5.69. The molecule has 0 spiro atoms. The second-order valence-corrected chi connectivity index (χ2v) is 7.34. The summed E-state index contributed by atoms with van der Waals surface area (Å²) in [7, 11) is -1.40. The molecule has 29 heavy (non-hydrogen) atoms. The van der Waals surface area contributed by atoms with Crippen LogP contribution in [0.1, 0.15) is 5.56 Å². The van der Waals surface area contributed by atoms with Crippen molar-refractivity contribution in [1.29, 1.82) is 0 Å². The third-order valence-corrected chi connectivity index (χ3v) is 5.17. The van der Waals surface area contributed by atoms with E-state index in [1.165, 1.54) is 26.4 Å². The maximum absolute atomic E-state index is 12.7. The van der Waals surface area contributed by atoms with E-state index in [-0.39, 0.29) is 29.1 Å². The minimum atomic E-state index is -4.16. The lowest BCUT2D eigenvalue weighted by atomic mass is 10.2. The predicted molar refractivity (Wildman–Crippen MR) is 103 cm³/mol. The van der Waals surface area contributed by atoms with Gasteiger partial charge in [-0.15, -0.1) is 0 Å². The minimum Gasteiger partial charge on any atom is -0.481 e. The van der Waals surface area contributed by atoms with Crippen molar-refractivity contribution in [2.45, 2.75) is 11.4 Å². The number of ether oxygens (including phenoxy) is 2. The molecule has 0 radical (unpaired) electrons. The molecule has 12 nitrogen and oxygen atoms in total. The van der Waals surface area contributed by atoms with Crippen molar-refractivity contribution in [2.24, 2.45) is 4.99 Å². The first-order valence-corrected chi connectivity index (χ1v) is 9.78. The van der Waals surface area contributed by atoms with Gasteiger partial charge in [0.2, 0.25) is 17.7 Å². The van der Waals surface area contributed by atoms with Gasteiger partial charge in [0.15, 0.2) is 0 Å². The quantitative estimate of drug-likeness (QED) is 0.574. The third kappa shape index (κ3) is 5.08. The molecule has 1 aromatic carbocycles. The van der Waals surface area contributed by atoms with Crippen LogP contribution < -0.4 is 24.9 Å². The number of nitrogens with one attached hydrogen (secondary N) is 3. The Morgan fingerprint density at radius 1 is 1.21 bits per heavy atom. The molecule has 3 rings (SSSR count). The molecule has 3 N–H and O–H groups in total. The topological polar surface area (TPSA) is 147 Å². The maximum atomic E-state index is 12.7. The highest BCUT2D eigenvalue weighted by Gasteiger charge is 2.23. The van der Waals surface area contributed by atoms with E-state index < -0.39 is 16.1 Å². The lowest BCUT2D eigenvalue weighted by Crippen LogP contribution is -2.36. The number of amides is 2. The Kier molecular flexibility index (Phi) is 6.09. The molecule has 0 bridgehead atoms. The summed E-state index contributed by atoms with van der Waals surface area (Å²) >= 11 is 0. The second kappa shape index (κ2) is 8.70. The van der Waals surface area contributed by atoms with Gasteiger partial charge in [0, 0.05) is 0 Å². The normalized spacial score (nSPS) is 13.2.